The highest BCUT2D eigenvalue weighted by Crippen LogP contribution is 2.08. The third kappa shape index (κ3) is 4.72. The Morgan fingerprint density at radius 3 is 2.88 bits per heavy atom. The SMILES string of the molecule is CCNC(=O)CN(C)Cc1ccc(Br)cn1. The molecule has 1 amide bonds. The molecule has 1 aromatic rings. The lowest BCUT2D eigenvalue weighted by Gasteiger charge is -2.15. The Balaban J connectivity index is 2.42. The number of halogens is 1. The quantitative estimate of drug-likeness (QED) is 0.890. The van der Waals surface area contributed by atoms with Gasteiger partial charge in [-0.2, -0.15) is 0 Å². The van der Waals surface area contributed by atoms with Crippen molar-refractivity contribution in [3.63, 3.8) is 0 Å². The van der Waals surface area contributed by atoms with Crippen LogP contribution in [0.1, 0.15) is 12.6 Å². The maximum absolute atomic E-state index is 11.3. The van der Waals surface area contributed by atoms with Gasteiger partial charge in [0.1, 0.15) is 0 Å². The molecule has 1 rings (SSSR count). The zero-order valence-corrected chi connectivity index (χ0v) is 11.1. The largest absolute Gasteiger partial charge is 0.355 e. The van der Waals surface area contributed by atoms with Crippen molar-refractivity contribution in [2.75, 3.05) is 20.1 Å². The fourth-order valence-electron chi connectivity index (χ4n) is 1.33. The van der Waals surface area contributed by atoms with Crippen LogP contribution in [-0.2, 0) is 11.3 Å². The van der Waals surface area contributed by atoms with Crippen LogP contribution in [0.5, 0.6) is 0 Å². The highest BCUT2D eigenvalue weighted by atomic mass is 79.9. The standard InChI is InChI=1S/C11H16BrN3O/c1-3-13-11(16)8-15(2)7-10-5-4-9(12)6-14-10/h4-6H,3,7-8H2,1-2H3,(H,13,16). The number of carbonyl (C=O) groups is 1. The third-order valence-corrected chi connectivity index (χ3v) is 2.48. The van der Waals surface area contributed by atoms with E-state index >= 15 is 0 Å². The van der Waals surface area contributed by atoms with Crippen molar-refractivity contribution >= 4 is 21.8 Å². The second-order valence-corrected chi connectivity index (χ2v) is 4.51. The van der Waals surface area contributed by atoms with E-state index in [0.717, 1.165) is 10.2 Å². The number of carbonyl (C=O) groups excluding carboxylic acids is 1. The molecule has 5 heteroatoms. The first-order valence-corrected chi connectivity index (χ1v) is 5.96. The second kappa shape index (κ2) is 6.60. The number of rotatable bonds is 5. The van der Waals surface area contributed by atoms with Gasteiger partial charge in [0.05, 0.1) is 12.2 Å². The summed E-state index contributed by atoms with van der Waals surface area (Å²) in [6, 6.07) is 3.89. The summed E-state index contributed by atoms with van der Waals surface area (Å²) in [4.78, 5) is 17.5. The van der Waals surface area contributed by atoms with Gasteiger partial charge in [-0.1, -0.05) is 0 Å². The Kier molecular flexibility index (Phi) is 5.42. The van der Waals surface area contributed by atoms with Crippen molar-refractivity contribution in [2.24, 2.45) is 0 Å². The van der Waals surface area contributed by atoms with Crippen molar-refractivity contribution < 1.29 is 4.79 Å². The number of pyridine rings is 1. The van der Waals surface area contributed by atoms with Crippen LogP contribution in [0.25, 0.3) is 0 Å². The van der Waals surface area contributed by atoms with Crippen molar-refractivity contribution in [3.05, 3.63) is 28.5 Å². The molecule has 0 saturated heterocycles. The molecule has 0 spiro atoms. The molecule has 0 aliphatic heterocycles. The monoisotopic (exact) mass is 285 g/mol. The van der Waals surface area contributed by atoms with Crippen LogP contribution in [0.15, 0.2) is 22.8 Å². The number of nitrogens with one attached hydrogen (secondary N) is 1. The molecule has 0 radical (unpaired) electrons. The number of aromatic nitrogens is 1. The Bertz CT molecular complexity index is 340. The van der Waals surface area contributed by atoms with Gasteiger partial charge in [0, 0.05) is 23.8 Å². The Hall–Kier alpha value is -0.940. The Morgan fingerprint density at radius 2 is 2.31 bits per heavy atom. The summed E-state index contributed by atoms with van der Waals surface area (Å²) >= 11 is 3.33. The van der Waals surface area contributed by atoms with E-state index in [1.54, 1.807) is 6.20 Å². The molecule has 0 bridgehead atoms. The molecule has 0 unspecified atom stereocenters. The van der Waals surface area contributed by atoms with Gasteiger partial charge >= 0.3 is 0 Å². The van der Waals surface area contributed by atoms with Gasteiger partial charge < -0.3 is 5.32 Å². The van der Waals surface area contributed by atoms with E-state index in [1.165, 1.54) is 0 Å². The van der Waals surface area contributed by atoms with Crippen molar-refractivity contribution in [2.45, 2.75) is 13.5 Å². The first-order valence-electron chi connectivity index (χ1n) is 5.17. The van der Waals surface area contributed by atoms with Gasteiger partial charge in [-0.3, -0.25) is 14.7 Å². The highest BCUT2D eigenvalue weighted by Gasteiger charge is 2.06. The van der Waals surface area contributed by atoms with Crippen molar-refractivity contribution in [1.29, 1.82) is 0 Å². The molecule has 0 saturated carbocycles. The average Bonchev–Trinajstić information content (AvgIpc) is 2.21. The average molecular weight is 286 g/mol. The predicted molar refractivity (Wildman–Crippen MR) is 67.0 cm³/mol. The highest BCUT2D eigenvalue weighted by molar-refractivity contribution is 9.10. The van der Waals surface area contributed by atoms with E-state index in [2.05, 4.69) is 26.2 Å². The number of likely N-dealkylation sites (N-methyl/N-ethyl adjacent to an activating group) is 2. The molecule has 88 valence electrons. The molecule has 16 heavy (non-hydrogen) atoms. The van der Waals surface area contributed by atoms with Gasteiger partial charge in [0.15, 0.2) is 0 Å². The number of amides is 1. The smallest absolute Gasteiger partial charge is 0.234 e. The first-order chi connectivity index (χ1) is 7.61. The van der Waals surface area contributed by atoms with Crippen LogP contribution in [-0.4, -0.2) is 35.9 Å². The van der Waals surface area contributed by atoms with Gasteiger partial charge in [0.25, 0.3) is 0 Å². The summed E-state index contributed by atoms with van der Waals surface area (Å²) in [6.07, 6.45) is 1.76. The molecule has 0 aliphatic rings. The normalized spacial score (nSPS) is 10.5. The summed E-state index contributed by atoms with van der Waals surface area (Å²) in [5.41, 5.74) is 0.954. The van der Waals surface area contributed by atoms with E-state index < -0.39 is 0 Å². The summed E-state index contributed by atoms with van der Waals surface area (Å²) < 4.78 is 0.961. The van der Waals surface area contributed by atoms with Crippen LogP contribution in [0, 0.1) is 0 Å². The zero-order valence-electron chi connectivity index (χ0n) is 9.53. The van der Waals surface area contributed by atoms with Crippen molar-refractivity contribution in [1.82, 2.24) is 15.2 Å². The number of hydrogen-bond acceptors (Lipinski definition) is 3. The zero-order chi connectivity index (χ0) is 12.0. The van der Waals surface area contributed by atoms with Crippen LogP contribution in [0.4, 0.5) is 0 Å². The molecule has 1 aromatic heterocycles. The van der Waals surface area contributed by atoms with Crippen LogP contribution in [0.2, 0.25) is 0 Å². The first kappa shape index (κ1) is 13.1. The van der Waals surface area contributed by atoms with Crippen LogP contribution >= 0.6 is 15.9 Å². The fraction of sp³-hybridized carbons (Fsp3) is 0.455. The van der Waals surface area contributed by atoms with Crippen LogP contribution in [0.3, 0.4) is 0 Å². The van der Waals surface area contributed by atoms with E-state index in [9.17, 15) is 4.79 Å². The fourth-order valence-corrected chi connectivity index (χ4v) is 1.57. The number of hydrogen-bond donors (Lipinski definition) is 1. The van der Waals surface area contributed by atoms with Crippen LogP contribution < -0.4 is 5.32 Å². The molecule has 0 aromatic carbocycles. The number of nitrogens with zero attached hydrogens (tertiary/aromatic N) is 2. The molecular weight excluding hydrogens is 270 g/mol. The summed E-state index contributed by atoms with van der Waals surface area (Å²) in [7, 11) is 1.90. The molecule has 0 fully saturated rings. The van der Waals surface area contributed by atoms with Gasteiger partial charge in [-0.15, -0.1) is 0 Å². The molecule has 0 aliphatic carbocycles. The Labute approximate surface area is 104 Å². The lowest BCUT2D eigenvalue weighted by molar-refractivity contribution is -0.121. The van der Waals surface area contributed by atoms with E-state index in [4.69, 9.17) is 0 Å². The lowest BCUT2D eigenvalue weighted by Crippen LogP contribution is -2.34. The van der Waals surface area contributed by atoms with E-state index in [0.29, 0.717) is 19.6 Å². The maximum atomic E-state index is 11.3. The summed E-state index contributed by atoms with van der Waals surface area (Å²) in [5.74, 6) is 0.0436. The van der Waals surface area contributed by atoms with Gasteiger partial charge in [-0.25, -0.2) is 0 Å². The predicted octanol–water partition coefficient (Wildman–Crippen LogP) is 1.41. The molecular formula is C11H16BrN3O. The summed E-state index contributed by atoms with van der Waals surface area (Å²) in [6.45, 7) is 3.65. The molecule has 1 heterocycles. The lowest BCUT2D eigenvalue weighted by atomic mass is 10.3. The van der Waals surface area contributed by atoms with Crippen molar-refractivity contribution in [3.8, 4) is 0 Å². The van der Waals surface area contributed by atoms with Gasteiger partial charge in [-0.05, 0) is 42.0 Å². The minimum atomic E-state index is 0.0436. The van der Waals surface area contributed by atoms with Gasteiger partial charge in [0.2, 0.25) is 5.91 Å². The minimum Gasteiger partial charge on any atom is -0.355 e. The summed E-state index contributed by atoms with van der Waals surface area (Å²) in [5, 5.41) is 2.76. The Morgan fingerprint density at radius 1 is 1.56 bits per heavy atom. The topological polar surface area (TPSA) is 45.2 Å². The van der Waals surface area contributed by atoms with E-state index in [1.807, 2.05) is 31.0 Å². The van der Waals surface area contributed by atoms with E-state index in [-0.39, 0.29) is 5.91 Å². The minimum absolute atomic E-state index is 0.0436. The molecule has 0 atom stereocenters. The third-order valence-electron chi connectivity index (χ3n) is 2.01. The second-order valence-electron chi connectivity index (χ2n) is 3.59. The molecule has 1 N–H and O–H groups in total. The maximum Gasteiger partial charge on any atom is 0.234 e. The molecule has 4 nitrogen and oxygen atoms in total.